The maximum atomic E-state index is 12.8. The Balaban J connectivity index is 1.73. The molecule has 1 N–H and O–H groups in total. The highest BCUT2D eigenvalue weighted by molar-refractivity contribution is 6.06. The van der Waals surface area contributed by atoms with Gasteiger partial charge in [0.2, 0.25) is 0 Å². The van der Waals surface area contributed by atoms with Gasteiger partial charge in [0.05, 0.1) is 16.6 Å². The lowest BCUT2D eigenvalue weighted by molar-refractivity contribution is 0.0940. The Morgan fingerprint density at radius 2 is 2.24 bits per heavy atom. The van der Waals surface area contributed by atoms with Crippen LogP contribution in [0, 0.1) is 6.92 Å². The zero-order chi connectivity index (χ0) is 18.0. The molecule has 3 rings (SSSR count). The third-order valence-electron chi connectivity index (χ3n) is 5.10. The number of fused-ring (bicyclic) bond motifs is 1. The van der Waals surface area contributed by atoms with Crippen LogP contribution in [0.1, 0.15) is 67.7 Å². The molecule has 6 nitrogen and oxygen atoms in total. The Kier molecular flexibility index (Phi) is 5.37. The third kappa shape index (κ3) is 3.84. The van der Waals surface area contributed by atoms with Gasteiger partial charge in [-0.25, -0.2) is 4.98 Å². The van der Waals surface area contributed by atoms with Gasteiger partial charge in [0, 0.05) is 24.8 Å². The third-order valence-corrected chi connectivity index (χ3v) is 5.10. The van der Waals surface area contributed by atoms with E-state index in [1.54, 1.807) is 0 Å². The number of nitrogens with one attached hydrogen (secondary N) is 1. The maximum Gasteiger partial charge on any atom is 0.259 e. The van der Waals surface area contributed by atoms with Crippen molar-refractivity contribution in [3.63, 3.8) is 0 Å². The molecule has 1 atom stereocenters. The van der Waals surface area contributed by atoms with Crippen LogP contribution in [0.25, 0.3) is 11.1 Å². The SMILES string of the molecule is Cc1noc2nc(C(C)C)cc(C(=O)NCCN3CCCCC3C)c12. The first kappa shape index (κ1) is 17.9. The largest absolute Gasteiger partial charge is 0.351 e. The molecule has 0 bridgehead atoms. The fourth-order valence-corrected chi connectivity index (χ4v) is 3.49. The zero-order valence-electron chi connectivity index (χ0n) is 15.6. The van der Waals surface area contributed by atoms with E-state index in [4.69, 9.17) is 4.52 Å². The van der Waals surface area contributed by atoms with Crippen LogP contribution < -0.4 is 5.32 Å². The number of nitrogens with zero attached hydrogens (tertiary/aromatic N) is 3. The number of carbonyl (C=O) groups excluding carboxylic acids is 1. The van der Waals surface area contributed by atoms with E-state index in [-0.39, 0.29) is 11.8 Å². The fraction of sp³-hybridized carbons (Fsp3) is 0.632. The summed E-state index contributed by atoms with van der Waals surface area (Å²) < 4.78 is 5.29. The molecule has 25 heavy (non-hydrogen) atoms. The Morgan fingerprint density at radius 3 is 2.96 bits per heavy atom. The second kappa shape index (κ2) is 7.52. The van der Waals surface area contributed by atoms with Gasteiger partial charge in [-0.3, -0.25) is 9.69 Å². The molecule has 1 unspecified atom stereocenters. The van der Waals surface area contributed by atoms with Crippen molar-refractivity contribution >= 4 is 17.0 Å². The van der Waals surface area contributed by atoms with E-state index in [9.17, 15) is 4.79 Å². The highest BCUT2D eigenvalue weighted by atomic mass is 16.5. The lowest BCUT2D eigenvalue weighted by atomic mass is 10.0. The quantitative estimate of drug-likeness (QED) is 0.901. The summed E-state index contributed by atoms with van der Waals surface area (Å²) in [7, 11) is 0. The number of hydrogen-bond acceptors (Lipinski definition) is 5. The number of rotatable bonds is 5. The Bertz CT molecular complexity index is 753. The van der Waals surface area contributed by atoms with Crippen LogP contribution in [0.15, 0.2) is 10.6 Å². The minimum absolute atomic E-state index is 0.0785. The lowest BCUT2D eigenvalue weighted by Gasteiger charge is -2.33. The summed E-state index contributed by atoms with van der Waals surface area (Å²) >= 11 is 0. The van der Waals surface area contributed by atoms with Crippen LogP contribution in [0.4, 0.5) is 0 Å². The number of piperidine rings is 1. The van der Waals surface area contributed by atoms with E-state index in [0.717, 1.165) is 18.8 Å². The van der Waals surface area contributed by atoms with Gasteiger partial charge in [0.25, 0.3) is 11.6 Å². The molecule has 2 aromatic rings. The molecule has 2 aromatic heterocycles. The first-order chi connectivity index (χ1) is 12.0. The zero-order valence-corrected chi connectivity index (χ0v) is 15.6. The highest BCUT2D eigenvalue weighted by Crippen LogP contribution is 2.25. The van der Waals surface area contributed by atoms with E-state index in [2.05, 4.69) is 41.1 Å². The molecule has 136 valence electrons. The van der Waals surface area contributed by atoms with Crippen molar-refractivity contribution in [2.24, 2.45) is 0 Å². The average Bonchev–Trinajstić information content (AvgIpc) is 2.97. The summed E-state index contributed by atoms with van der Waals surface area (Å²) in [5.41, 5.74) is 2.60. The van der Waals surface area contributed by atoms with Crippen molar-refractivity contribution in [2.45, 2.75) is 58.9 Å². The molecule has 1 saturated heterocycles. The Hall–Kier alpha value is -1.95. The summed E-state index contributed by atoms with van der Waals surface area (Å²) in [6, 6.07) is 2.47. The summed E-state index contributed by atoms with van der Waals surface area (Å²) in [6.45, 7) is 10.9. The predicted molar refractivity (Wildman–Crippen MR) is 97.8 cm³/mol. The minimum atomic E-state index is -0.0785. The van der Waals surface area contributed by atoms with Gasteiger partial charge in [-0.05, 0) is 45.2 Å². The summed E-state index contributed by atoms with van der Waals surface area (Å²) in [5, 5.41) is 7.76. The summed E-state index contributed by atoms with van der Waals surface area (Å²) in [6.07, 6.45) is 3.81. The van der Waals surface area contributed by atoms with Crippen LogP contribution >= 0.6 is 0 Å². The van der Waals surface area contributed by atoms with Gasteiger partial charge in [-0.2, -0.15) is 0 Å². The van der Waals surface area contributed by atoms with Crippen LogP contribution in [0.3, 0.4) is 0 Å². The molecule has 0 aromatic carbocycles. The van der Waals surface area contributed by atoms with Gasteiger partial charge in [0.15, 0.2) is 0 Å². The Morgan fingerprint density at radius 1 is 1.44 bits per heavy atom. The van der Waals surface area contributed by atoms with E-state index in [0.29, 0.717) is 34.9 Å². The molecule has 1 fully saturated rings. The molecule has 1 aliphatic heterocycles. The van der Waals surface area contributed by atoms with Gasteiger partial charge in [-0.15, -0.1) is 0 Å². The monoisotopic (exact) mass is 344 g/mol. The smallest absolute Gasteiger partial charge is 0.259 e. The second-order valence-electron chi connectivity index (χ2n) is 7.33. The topological polar surface area (TPSA) is 71.3 Å². The van der Waals surface area contributed by atoms with Crippen molar-refractivity contribution in [2.75, 3.05) is 19.6 Å². The van der Waals surface area contributed by atoms with Crippen LogP contribution in [0.5, 0.6) is 0 Å². The van der Waals surface area contributed by atoms with Gasteiger partial charge in [-0.1, -0.05) is 25.4 Å². The van der Waals surface area contributed by atoms with E-state index in [1.165, 1.54) is 19.3 Å². The number of aryl methyl sites for hydroxylation is 1. The molecule has 1 amide bonds. The van der Waals surface area contributed by atoms with E-state index in [1.807, 2.05) is 13.0 Å². The van der Waals surface area contributed by atoms with Crippen LogP contribution in [-0.2, 0) is 0 Å². The standard InChI is InChI=1S/C19H28N4O2/c1-12(2)16-11-15(17-14(4)22-25-19(17)21-16)18(24)20-8-10-23-9-6-5-7-13(23)3/h11-13H,5-10H2,1-4H3,(H,20,24). The van der Waals surface area contributed by atoms with Crippen LogP contribution in [0.2, 0.25) is 0 Å². The van der Waals surface area contributed by atoms with Gasteiger partial charge >= 0.3 is 0 Å². The molecule has 0 radical (unpaired) electrons. The number of amides is 1. The summed E-state index contributed by atoms with van der Waals surface area (Å²) in [4.78, 5) is 19.7. The Labute approximate surface area is 149 Å². The van der Waals surface area contributed by atoms with E-state index >= 15 is 0 Å². The van der Waals surface area contributed by atoms with Crippen molar-refractivity contribution in [3.8, 4) is 0 Å². The lowest BCUT2D eigenvalue weighted by Crippen LogP contribution is -2.42. The van der Waals surface area contributed by atoms with E-state index < -0.39 is 0 Å². The first-order valence-electron chi connectivity index (χ1n) is 9.26. The highest BCUT2D eigenvalue weighted by Gasteiger charge is 2.21. The van der Waals surface area contributed by atoms with Gasteiger partial charge < -0.3 is 9.84 Å². The minimum Gasteiger partial charge on any atom is -0.351 e. The fourth-order valence-electron chi connectivity index (χ4n) is 3.49. The average molecular weight is 344 g/mol. The number of likely N-dealkylation sites (tertiary alicyclic amines) is 1. The first-order valence-corrected chi connectivity index (χ1v) is 9.26. The number of aromatic nitrogens is 2. The molecule has 0 saturated carbocycles. The van der Waals surface area contributed by atoms with Crippen molar-refractivity contribution in [3.05, 3.63) is 23.0 Å². The van der Waals surface area contributed by atoms with Crippen LogP contribution in [-0.4, -0.2) is 46.6 Å². The number of carbonyl (C=O) groups is 1. The molecule has 0 aliphatic carbocycles. The molecular weight excluding hydrogens is 316 g/mol. The molecular formula is C19H28N4O2. The second-order valence-corrected chi connectivity index (χ2v) is 7.33. The van der Waals surface area contributed by atoms with Crippen molar-refractivity contribution in [1.29, 1.82) is 0 Å². The normalized spacial score (nSPS) is 18.8. The maximum absolute atomic E-state index is 12.8. The molecule has 0 spiro atoms. The van der Waals surface area contributed by atoms with Crippen molar-refractivity contribution < 1.29 is 9.32 Å². The van der Waals surface area contributed by atoms with Crippen molar-refractivity contribution in [1.82, 2.24) is 20.4 Å². The van der Waals surface area contributed by atoms with Gasteiger partial charge in [0.1, 0.15) is 0 Å². The predicted octanol–water partition coefficient (Wildman–Crippen LogP) is 3.26. The number of pyridine rings is 1. The molecule has 1 aliphatic rings. The molecule has 6 heteroatoms. The molecule has 3 heterocycles. The summed E-state index contributed by atoms with van der Waals surface area (Å²) in [5.74, 6) is 0.140. The number of hydrogen-bond donors (Lipinski definition) is 1.